The van der Waals surface area contributed by atoms with Gasteiger partial charge in [0, 0.05) is 0 Å². The summed E-state index contributed by atoms with van der Waals surface area (Å²) in [5.74, 6) is 0.642. The molecule has 0 aliphatic heterocycles. The van der Waals surface area contributed by atoms with E-state index in [2.05, 4.69) is 10.6 Å². The van der Waals surface area contributed by atoms with Crippen LogP contribution in [0, 0.1) is 0 Å². The molecule has 0 radical (unpaired) electrons. The fourth-order valence-corrected chi connectivity index (χ4v) is 1.26. The van der Waals surface area contributed by atoms with E-state index in [-0.39, 0.29) is 5.91 Å². The molecule has 0 fully saturated rings. The van der Waals surface area contributed by atoms with Gasteiger partial charge in [-0.25, -0.2) is 0 Å². The van der Waals surface area contributed by atoms with Gasteiger partial charge in [0.25, 0.3) is 0 Å². The average molecular weight is 222 g/mol. The second kappa shape index (κ2) is 6.85. The SMILES string of the molecule is CCCOc1ccccc1NC(=O)CNC. The van der Waals surface area contributed by atoms with Crippen LogP contribution in [-0.4, -0.2) is 26.1 Å². The molecule has 2 N–H and O–H groups in total. The molecular weight excluding hydrogens is 204 g/mol. The summed E-state index contributed by atoms with van der Waals surface area (Å²) in [5.41, 5.74) is 0.719. The van der Waals surface area contributed by atoms with E-state index in [4.69, 9.17) is 4.74 Å². The molecule has 0 saturated heterocycles. The first-order chi connectivity index (χ1) is 7.77. The molecule has 4 nitrogen and oxygen atoms in total. The van der Waals surface area contributed by atoms with Crippen LogP contribution in [-0.2, 0) is 4.79 Å². The number of nitrogens with one attached hydrogen (secondary N) is 2. The van der Waals surface area contributed by atoms with Gasteiger partial charge in [0.1, 0.15) is 5.75 Å². The summed E-state index contributed by atoms with van der Waals surface area (Å²) < 4.78 is 5.53. The smallest absolute Gasteiger partial charge is 0.238 e. The summed E-state index contributed by atoms with van der Waals surface area (Å²) in [6, 6.07) is 7.44. The number of hydrogen-bond acceptors (Lipinski definition) is 3. The Bertz CT molecular complexity index is 340. The maximum absolute atomic E-state index is 11.4. The van der Waals surface area contributed by atoms with E-state index in [9.17, 15) is 4.79 Å². The lowest BCUT2D eigenvalue weighted by Crippen LogP contribution is -2.25. The van der Waals surface area contributed by atoms with Crippen molar-refractivity contribution in [1.82, 2.24) is 5.32 Å². The van der Waals surface area contributed by atoms with Gasteiger partial charge in [-0.2, -0.15) is 0 Å². The third-order valence-corrected chi connectivity index (χ3v) is 1.96. The fraction of sp³-hybridized carbons (Fsp3) is 0.417. The largest absolute Gasteiger partial charge is 0.491 e. The average Bonchev–Trinajstić information content (AvgIpc) is 2.28. The Kier molecular flexibility index (Phi) is 5.36. The molecule has 1 rings (SSSR count). The molecule has 1 amide bonds. The summed E-state index contributed by atoms with van der Waals surface area (Å²) in [5, 5.41) is 5.59. The van der Waals surface area contributed by atoms with Gasteiger partial charge in [0.15, 0.2) is 0 Å². The highest BCUT2D eigenvalue weighted by molar-refractivity contribution is 5.93. The summed E-state index contributed by atoms with van der Waals surface area (Å²) in [6.45, 7) is 2.99. The zero-order valence-corrected chi connectivity index (χ0v) is 9.75. The third kappa shape index (κ3) is 3.90. The predicted molar refractivity (Wildman–Crippen MR) is 64.8 cm³/mol. The van der Waals surface area contributed by atoms with Crippen molar-refractivity contribution in [2.75, 3.05) is 25.5 Å². The van der Waals surface area contributed by atoms with Gasteiger partial charge in [-0.05, 0) is 25.6 Å². The van der Waals surface area contributed by atoms with Gasteiger partial charge in [-0.3, -0.25) is 4.79 Å². The summed E-state index contributed by atoms with van der Waals surface area (Å²) in [6.07, 6.45) is 0.943. The van der Waals surface area contributed by atoms with Crippen molar-refractivity contribution in [1.29, 1.82) is 0 Å². The number of rotatable bonds is 6. The van der Waals surface area contributed by atoms with Crippen LogP contribution < -0.4 is 15.4 Å². The maximum Gasteiger partial charge on any atom is 0.238 e. The number of para-hydroxylation sites is 2. The lowest BCUT2D eigenvalue weighted by Gasteiger charge is -2.11. The molecule has 0 saturated carbocycles. The van der Waals surface area contributed by atoms with Crippen molar-refractivity contribution >= 4 is 11.6 Å². The zero-order valence-electron chi connectivity index (χ0n) is 9.75. The Morgan fingerprint density at radius 2 is 2.12 bits per heavy atom. The van der Waals surface area contributed by atoms with Gasteiger partial charge in [0.05, 0.1) is 18.8 Å². The minimum Gasteiger partial charge on any atom is -0.491 e. The molecule has 0 bridgehead atoms. The molecule has 1 aromatic rings. The van der Waals surface area contributed by atoms with E-state index in [1.54, 1.807) is 7.05 Å². The highest BCUT2D eigenvalue weighted by Gasteiger charge is 2.05. The number of benzene rings is 1. The Morgan fingerprint density at radius 3 is 2.81 bits per heavy atom. The number of likely N-dealkylation sites (N-methyl/N-ethyl adjacent to an activating group) is 1. The molecule has 0 aliphatic carbocycles. The molecule has 0 aromatic heterocycles. The summed E-state index contributed by atoms with van der Waals surface area (Å²) >= 11 is 0. The van der Waals surface area contributed by atoms with Crippen LogP contribution in [0.1, 0.15) is 13.3 Å². The third-order valence-electron chi connectivity index (χ3n) is 1.96. The lowest BCUT2D eigenvalue weighted by atomic mass is 10.3. The summed E-state index contributed by atoms with van der Waals surface area (Å²) in [7, 11) is 1.74. The van der Waals surface area contributed by atoms with E-state index >= 15 is 0 Å². The van der Waals surface area contributed by atoms with Crippen LogP contribution in [0.25, 0.3) is 0 Å². The van der Waals surface area contributed by atoms with E-state index < -0.39 is 0 Å². The number of carbonyl (C=O) groups is 1. The van der Waals surface area contributed by atoms with Crippen LogP contribution >= 0.6 is 0 Å². The first kappa shape index (κ1) is 12.5. The van der Waals surface area contributed by atoms with Gasteiger partial charge in [-0.1, -0.05) is 19.1 Å². The van der Waals surface area contributed by atoms with Gasteiger partial charge >= 0.3 is 0 Å². The van der Waals surface area contributed by atoms with Crippen molar-refractivity contribution in [3.8, 4) is 5.75 Å². The van der Waals surface area contributed by atoms with Crippen molar-refractivity contribution in [2.45, 2.75) is 13.3 Å². The van der Waals surface area contributed by atoms with E-state index in [1.165, 1.54) is 0 Å². The second-order valence-electron chi connectivity index (χ2n) is 3.42. The molecule has 1 aromatic carbocycles. The number of ether oxygens (including phenoxy) is 1. The Labute approximate surface area is 96.0 Å². The van der Waals surface area contributed by atoms with Crippen LogP contribution in [0.4, 0.5) is 5.69 Å². The minimum atomic E-state index is -0.0740. The second-order valence-corrected chi connectivity index (χ2v) is 3.42. The monoisotopic (exact) mass is 222 g/mol. The van der Waals surface area contributed by atoms with Crippen molar-refractivity contribution in [2.24, 2.45) is 0 Å². The topological polar surface area (TPSA) is 50.4 Å². The van der Waals surface area contributed by atoms with Crippen LogP contribution in [0.3, 0.4) is 0 Å². The van der Waals surface area contributed by atoms with E-state index in [0.29, 0.717) is 18.9 Å². The first-order valence-electron chi connectivity index (χ1n) is 5.44. The molecular formula is C12H18N2O2. The highest BCUT2D eigenvalue weighted by atomic mass is 16.5. The maximum atomic E-state index is 11.4. The minimum absolute atomic E-state index is 0.0740. The molecule has 88 valence electrons. The predicted octanol–water partition coefficient (Wildman–Crippen LogP) is 1.63. The van der Waals surface area contributed by atoms with Gasteiger partial charge in [-0.15, -0.1) is 0 Å². The quantitative estimate of drug-likeness (QED) is 0.769. The van der Waals surface area contributed by atoms with Crippen molar-refractivity contribution in [3.05, 3.63) is 24.3 Å². The Hall–Kier alpha value is -1.55. The van der Waals surface area contributed by atoms with Crippen molar-refractivity contribution in [3.63, 3.8) is 0 Å². The number of anilines is 1. The normalized spacial score (nSPS) is 9.88. The van der Waals surface area contributed by atoms with Crippen LogP contribution in [0.2, 0.25) is 0 Å². The Balaban J connectivity index is 2.66. The number of amides is 1. The molecule has 0 aliphatic rings. The van der Waals surface area contributed by atoms with Crippen LogP contribution in [0.5, 0.6) is 5.75 Å². The molecule has 0 heterocycles. The van der Waals surface area contributed by atoms with E-state index in [0.717, 1.165) is 12.1 Å². The summed E-state index contributed by atoms with van der Waals surface area (Å²) in [4.78, 5) is 11.4. The zero-order chi connectivity index (χ0) is 11.8. The standard InChI is InChI=1S/C12H18N2O2/c1-3-8-16-11-7-5-4-6-10(11)14-12(15)9-13-2/h4-7,13H,3,8-9H2,1-2H3,(H,14,15). The molecule has 0 spiro atoms. The molecule has 4 heteroatoms. The number of hydrogen-bond donors (Lipinski definition) is 2. The molecule has 0 unspecified atom stereocenters. The Morgan fingerprint density at radius 1 is 1.38 bits per heavy atom. The number of carbonyl (C=O) groups excluding carboxylic acids is 1. The van der Waals surface area contributed by atoms with Crippen molar-refractivity contribution < 1.29 is 9.53 Å². The highest BCUT2D eigenvalue weighted by Crippen LogP contribution is 2.23. The lowest BCUT2D eigenvalue weighted by molar-refractivity contribution is -0.115. The fourth-order valence-electron chi connectivity index (χ4n) is 1.26. The first-order valence-corrected chi connectivity index (χ1v) is 5.44. The van der Waals surface area contributed by atoms with Crippen LogP contribution in [0.15, 0.2) is 24.3 Å². The van der Waals surface area contributed by atoms with Gasteiger partial charge in [0.2, 0.25) is 5.91 Å². The van der Waals surface area contributed by atoms with E-state index in [1.807, 2.05) is 31.2 Å². The van der Waals surface area contributed by atoms with Gasteiger partial charge < -0.3 is 15.4 Å². The molecule has 0 atom stereocenters. The molecule has 16 heavy (non-hydrogen) atoms.